The van der Waals surface area contributed by atoms with Crippen LogP contribution >= 0.6 is 0 Å². The summed E-state index contributed by atoms with van der Waals surface area (Å²) in [5, 5.41) is 14.3. The van der Waals surface area contributed by atoms with Crippen molar-refractivity contribution < 1.29 is 14.2 Å². The maximum atomic E-state index is 10.9. The minimum atomic E-state index is -0.691. The fraction of sp³-hybridized carbons (Fsp3) is 0.222. The lowest BCUT2D eigenvalue weighted by Gasteiger charge is -1.94. The lowest BCUT2D eigenvalue weighted by atomic mass is 10.3. The SMILES string of the molecule is CC(=O)Cc1nc(-c2nccnc2[N+](=O)[O-])no1. The van der Waals surface area contributed by atoms with Crippen molar-refractivity contribution in [2.75, 3.05) is 0 Å². The van der Waals surface area contributed by atoms with E-state index in [9.17, 15) is 14.9 Å². The van der Waals surface area contributed by atoms with Crippen LogP contribution in [0.3, 0.4) is 0 Å². The van der Waals surface area contributed by atoms with Gasteiger partial charge in [-0.25, -0.2) is 4.98 Å². The lowest BCUT2D eigenvalue weighted by Crippen LogP contribution is -1.99. The standard InChI is InChI=1S/C9H7N5O4/c1-5(15)4-6-12-8(13-18-6)7-9(14(16)17)11-3-2-10-7/h2-3H,4H2,1H3. The second-order valence-electron chi connectivity index (χ2n) is 3.38. The minimum absolute atomic E-state index is 0.0267. The third kappa shape index (κ3) is 2.34. The second kappa shape index (κ2) is 4.65. The van der Waals surface area contributed by atoms with E-state index < -0.39 is 10.7 Å². The molecule has 0 aliphatic carbocycles. The van der Waals surface area contributed by atoms with E-state index in [1.807, 2.05) is 0 Å². The van der Waals surface area contributed by atoms with Crippen molar-refractivity contribution in [3.8, 4) is 11.5 Å². The molecule has 2 rings (SSSR count). The third-order valence-corrected chi connectivity index (χ3v) is 1.93. The number of carbonyl (C=O) groups is 1. The Balaban J connectivity index is 2.40. The van der Waals surface area contributed by atoms with E-state index in [1.165, 1.54) is 19.3 Å². The van der Waals surface area contributed by atoms with E-state index in [0.717, 1.165) is 0 Å². The van der Waals surface area contributed by atoms with Gasteiger partial charge >= 0.3 is 5.82 Å². The summed E-state index contributed by atoms with van der Waals surface area (Å²) in [7, 11) is 0. The Morgan fingerprint density at radius 2 is 2.17 bits per heavy atom. The molecule has 2 aromatic heterocycles. The lowest BCUT2D eigenvalue weighted by molar-refractivity contribution is -0.389. The van der Waals surface area contributed by atoms with Gasteiger partial charge in [0.1, 0.15) is 5.78 Å². The smallest absolute Gasteiger partial charge is 0.358 e. The van der Waals surface area contributed by atoms with Gasteiger partial charge in [-0.2, -0.15) is 4.98 Å². The summed E-state index contributed by atoms with van der Waals surface area (Å²) in [4.78, 5) is 32.1. The molecule has 0 unspecified atom stereocenters. The molecule has 18 heavy (non-hydrogen) atoms. The second-order valence-corrected chi connectivity index (χ2v) is 3.38. The van der Waals surface area contributed by atoms with Crippen molar-refractivity contribution in [2.45, 2.75) is 13.3 Å². The molecule has 0 saturated carbocycles. The van der Waals surface area contributed by atoms with Crippen molar-refractivity contribution in [3.63, 3.8) is 0 Å². The molecule has 0 amide bonds. The molecule has 0 N–H and O–H groups in total. The van der Waals surface area contributed by atoms with Gasteiger partial charge in [0.25, 0.3) is 0 Å². The number of aromatic nitrogens is 4. The molecule has 0 aromatic carbocycles. The number of hydrogen-bond acceptors (Lipinski definition) is 8. The topological polar surface area (TPSA) is 125 Å². The minimum Gasteiger partial charge on any atom is -0.358 e. The monoisotopic (exact) mass is 249 g/mol. The van der Waals surface area contributed by atoms with Crippen LogP contribution < -0.4 is 0 Å². The van der Waals surface area contributed by atoms with Crippen molar-refractivity contribution in [1.29, 1.82) is 0 Å². The highest BCUT2D eigenvalue weighted by atomic mass is 16.6. The van der Waals surface area contributed by atoms with Crippen molar-refractivity contribution in [3.05, 3.63) is 28.4 Å². The van der Waals surface area contributed by atoms with Gasteiger partial charge in [-0.1, -0.05) is 5.16 Å². The first-order valence-electron chi connectivity index (χ1n) is 4.85. The van der Waals surface area contributed by atoms with Crippen LogP contribution in [0.1, 0.15) is 12.8 Å². The van der Waals surface area contributed by atoms with Crippen LogP contribution in [-0.4, -0.2) is 30.8 Å². The molecule has 0 spiro atoms. The molecule has 0 atom stereocenters. The fourth-order valence-corrected chi connectivity index (χ4v) is 1.26. The highest BCUT2D eigenvalue weighted by Crippen LogP contribution is 2.22. The highest BCUT2D eigenvalue weighted by Gasteiger charge is 2.22. The maximum Gasteiger partial charge on any atom is 0.393 e. The van der Waals surface area contributed by atoms with E-state index in [1.54, 1.807) is 0 Å². The average Bonchev–Trinajstić information content (AvgIpc) is 2.76. The molecule has 0 aliphatic rings. The Labute approximate surface area is 100 Å². The molecule has 0 saturated heterocycles. The number of rotatable bonds is 4. The van der Waals surface area contributed by atoms with Gasteiger partial charge in [0, 0.05) is 0 Å². The third-order valence-electron chi connectivity index (χ3n) is 1.93. The summed E-state index contributed by atoms with van der Waals surface area (Å²) >= 11 is 0. The quantitative estimate of drug-likeness (QED) is 0.568. The summed E-state index contributed by atoms with van der Waals surface area (Å²) in [6, 6.07) is 0. The number of carbonyl (C=O) groups excluding carboxylic acids is 1. The van der Waals surface area contributed by atoms with Gasteiger partial charge in [-0.05, 0) is 16.8 Å². The molecular formula is C9H7N5O4. The molecule has 0 radical (unpaired) electrons. The summed E-state index contributed by atoms with van der Waals surface area (Å²) in [5.74, 6) is -0.602. The van der Waals surface area contributed by atoms with Gasteiger partial charge < -0.3 is 14.6 Å². The first kappa shape index (κ1) is 11.8. The van der Waals surface area contributed by atoms with E-state index in [-0.39, 0.29) is 29.6 Å². The molecular weight excluding hydrogens is 242 g/mol. The molecule has 0 bridgehead atoms. The van der Waals surface area contributed by atoms with Crippen LogP contribution in [0.25, 0.3) is 11.5 Å². The first-order chi connectivity index (χ1) is 8.58. The Morgan fingerprint density at radius 3 is 2.83 bits per heavy atom. The van der Waals surface area contributed by atoms with Gasteiger partial charge in [0.15, 0.2) is 6.20 Å². The highest BCUT2D eigenvalue weighted by molar-refractivity contribution is 5.77. The van der Waals surface area contributed by atoms with E-state index in [4.69, 9.17) is 4.52 Å². The summed E-state index contributed by atoms with van der Waals surface area (Å²) < 4.78 is 4.79. The summed E-state index contributed by atoms with van der Waals surface area (Å²) in [5.41, 5.74) is -0.0962. The number of Topliss-reactive ketones (excluding diaryl/α,β-unsaturated/α-hetero) is 1. The van der Waals surface area contributed by atoms with Crippen LogP contribution in [0.4, 0.5) is 5.82 Å². The van der Waals surface area contributed by atoms with E-state index in [2.05, 4.69) is 20.1 Å². The molecule has 2 heterocycles. The van der Waals surface area contributed by atoms with Crippen molar-refractivity contribution >= 4 is 11.6 Å². The maximum absolute atomic E-state index is 10.9. The van der Waals surface area contributed by atoms with Crippen LogP contribution in [0.5, 0.6) is 0 Å². The molecule has 92 valence electrons. The number of hydrogen-bond donors (Lipinski definition) is 0. The van der Waals surface area contributed by atoms with Crippen LogP contribution in [0.15, 0.2) is 16.9 Å². The largest absolute Gasteiger partial charge is 0.393 e. The number of ketones is 1. The molecule has 2 aromatic rings. The van der Waals surface area contributed by atoms with E-state index in [0.29, 0.717) is 0 Å². The predicted octanol–water partition coefficient (Wildman–Crippen LogP) is 0.566. The van der Waals surface area contributed by atoms with Gasteiger partial charge in [0.05, 0.1) is 12.6 Å². The Kier molecular flexibility index (Phi) is 3.04. The van der Waals surface area contributed by atoms with Crippen LogP contribution in [0.2, 0.25) is 0 Å². The zero-order valence-electron chi connectivity index (χ0n) is 9.23. The summed E-state index contributed by atoms with van der Waals surface area (Å²) in [6.45, 7) is 1.37. The van der Waals surface area contributed by atoms with Crippen molar-refractivity contribution in [2.24, 2.45) is 0 Å². The van der Waals surface area contributed by atoms with Crippen LogP contribution in [-0.2, 0) is 11.2 Å². The predicted molar refractivity (Wildman–Crippen MR) is 56.4 cm³/mol. The summed E-state index contributed by atoms with van der Waals surface area (Å²) in [6.07, 6.45) is 2.45. The van der Waals surface area contributed by atoms with E-state index >= 15 is 0 Å². The van der Waals surface area contributed by atoms with Gasteiger partial charge in [0.2, 0.25) is 17.4 Å². The number of nitro groups is 1. The average molecular weight is 249 g/mol. The van der Waals surface area contributed by atoms with Crippen molar-refractivity contribution in [1.82, 2.24) is 20.1 Å². The molecule has 0 fully saturated rings. The fourth-order valence-electron chi connectivity index (χ4n) is 1.26. The Hall–Kier alpha value is -2.71. The molecule has 9 nitrogen and oxygen atoms in total. The zero-order chi connectivity index (χ0) is 13.1. The number of nitrogens with zero attached hydrogens (tertiary/aromatic N) is 5. The zero-order valence-corrected chi connectivity index (χ0v) is 9.23. The molecule has 9 heteroatoms. The first-order valence-corrected chi connectivity index (χ1v) is 4.85. The van der Waals surface area contributed by atoms with Crippen LogP contribution in [0, 0.1) is 10.1 Å². The Morgan fingerprint density at radius 1 is 1.44 bits per heavy atom. The van der Waals surface area contributed by atoms with Gasteiger partial charge in [-0.3, -0.25) is 4.79 Å². The Bertz CT molecular complexity index is 609. The molecule has 0 aliphatic heterocycles. The normalized spacial score (nSPS) is 10.3. The van der Waals surface area contributed by atoms with Gasteiger partial charge in [-0.15, -0.1) is 0 Å².